The molecule has 0 fully saturated rings. The Hall–Kier alpha value is -1.61. The molecule has 0 atom stereocenters. The number of aromatic nitrogens is 2. The van der Waals surface area contributed by atoms with Crippen molar-refractivity contribution in [2.24, 2.45) is 7.05 Å². The highest BCUT2D eigenvalue weighted by Crippen LogP contribution is 2.28. The van der Waals surface area contributed by atoms with Crippen LogP contribution in [0.25, 0.3) is 11.3 Å². The van der Waals surface area contributed by atoms with Gasteiger partial charge in [-0.1, -0.05) is 17.7 Å². The quantitative estimate of drug-likeness (QED) is 0.898. The van der Waals surface area contributed by atoms with E-state index in [0.29, 0.717) is 0 Å². The third kappa shape index (κ3) is 2.18. The molecule has 2 aromatic rings. The Kier molecular flexibility index (Phi) is 3.53. The largest absolute Gasteiger partial charge is 0.331 e. The van der Waals surface area contributed by atoms with E-state index in [0.717, 1.165) is 18.1 Å². The lowest BCUT2D eigenvalue weighted by molar-refractivity contribution is 0.796. The van der Waals surface area contributed by atoms with Gasteiger partial charge in [-0.05, 0) is 39.4 Å². The molecule has 96 valence electrons. The second-order valence-corrected chi connectivity index (χ2v) is 4.86. The highest BCUT2D eigenvalue weighted by atomic mass is 15.1. The summed E-state index contributed by atoms with van der Waals surface area (Å²) in [5.74, 6) is 1.05. The molecule has 0 aliphatic carbocycles. The predicted molar refractivity (Wildman–Crippen MR) is 75.6 cm³/mol. The molecular formula is C15H21N3. The lowest BCUT2D eigenvalue weighted by Crippen LogP contribution is -2.07. The number of nitrogens with one attached hydrogen (secondary N) is 1. The van der Waals surface area contributed by atoms with Gasteiger partial charge in [-0.25, -0.2) is 4.98 Å². The highest BCUT2D eigenvalue weighted by molar-refractivity contribution is 5.67. The highest BCUT2D eigenvalue weighted by Gasteiger charge is 2.15. The van der Waals surface area contributed by atoms with Gasteiger partial charge in [0.1, 0.15) is 5.82 Å². The van der Waals surface area contributed by atoms with E-state index >= 15 is 0 Å². The smallest absolute Gasteiger partial charge is 0.106 e. The summed E-state index contributed by atoms with van der Waals surface area (Å²) in [5, 5.41) is 3.19. The number of benzene rings is 1. The van der Waals surface area contributed by atoms with E-state index in [9.17, 15) is 0 Å². The van der Waals surface area contributed by atoms with E-state index in [2.05, 4.69) is 54.0 Å². The zero-order valence-corrected chi connectivity index (χ0v) is 11.8. The van der Waals surface area contributed by atoms with Crippen LogP contribution in [0.2, 0.25) is 0 Å². The van der Waals surface area contributed by atoms with Crippen LogP contribution in [0.1, 0.15) is 22.6 Å². The average molecular weight is 243 g/mol. The summed E-state index contributed by atoms with van der Waals surface area (Å²) in [6, 6.07) is 6.57. The third-order valence-corrected chi connectivity index (χ3v) is 3.38. The standard InChI is InChI=1S/C15H21N3/c1-10-6-7-11(2)13(8-10)15-14(9-16-4)17-12(3)18(15)5/h6-8,16H,9H2,1-5H3. The Morgan fingerprint density at radius 1 is 1.22 bits per heavy atom. The van der Waals surface area contributed by atoms with Gasteiger partial charge in [-0.15, -0.1) is 0 Å². The van der Waals surface area contributed by atoms with Crippen molar-refractivity contribution in [1.29, 1.82) is 0 Å². The van der Waals surface area contributed by atoms with Crippen LogP contribution in [0.5, 0.6) is 0 Å². The van der Waals surface area contributed by atoms with E-state index in [4.69, 9.17) is 0 Å². The average Bonchev–Trinajstić information content (AvgIpc) is 2.59. The van der Waals surface area contributed by atoms with Gasteiger partial charge in [0.15, 0.2) is 0 Å². The number of rotatable bonds is 3. The van der Waals surface area contributed by atoms with E-state index in [1.165, 1.54) is 22.4 Å². The number of hydrogen-bond donors (Lipinski definition) is 1. The lowest BCUT2D eigenvalue weighted by Gasteiger charge is -2.11. The molecule has 0 saturated carbocycles. The van der Waals surface area contributed by atoms with Crippen LogP contribution in [0, 0.1) is 20.8 Å². The molecule has 1 aromatic heterocycles. The Labute approximate surface area is 109 Å². The Morgan fingerprint density at radius 2 is 1.94 bits per heavy atom. The van der Waals surface area contributed by atoms with Gasteiger partial charge in [-0.2, -0.15) is 0 Å². The summed E-state index contributed by atoms with van der Waals surface area (Å²) < 4.78 is 2.18. The van der Waals surface area contributed by atoms with Crippen molar-refractivity contribution in [3.05, 3.63) is 40.8 Å². The van der Waals surface area contributed by atoms with Crippen molar-refractivity contribution >= 4 is 0 Å². The first kappa shape index (κ1) is 12.8. The van der Waals surface area contributed by atoms with Gasteiger partial charge in [-0.3, -0.25) is 0 Å². The Morgan fingerprint density at radius 3 is 2.61 bits per heavy atom. The Balaban J connectivity index is 2.65. The fourth-order valence-corrected chi connectivity index (χ4v) is 2.30. The fraction of sp³-hybridized carbons (Fsp3) is 0.400. The number of imidazole rings is 1. The molecule has 0 aliphatic rings. The van der Waals surface area contributed by atoms with Gasteiger partial charge in [0.05, 0.1) is 11.4 Å². The summed E-state index contributed by atoms with van der Waals surface area (Å²) in [6.07, 6.45) is 0. The first-order valence-corrected chi connectivity index (χ1v) is 6.29. The van der Waals surface area contributed by atoms with Crippen molar-refractivity contribution in [3.63, 3.8) is 0 Å². The lowest BCUT2D eigenvalue weighted by atomic mass is 10.0. The SMILES string of the molecule is CNCc1nc(C)n(C)c1-c1cc(C)ccc1C. The van der Waals surface area contributed by atoms with Crippen LogP contribution < -0.4 is 5.32 Å². The molecule has 0 amide bonds. The molecule has 0 saturated heterocycles. The van der Waals surface area contributed by atoms with Crippen molar-refractivity contribution < 1.29 is 0 Å². The fourth-order valence-electron chi connectivity index (χ4n) is 2.30. The van der Waals surface area contributed by atoms with Crippen LogP contribution in [-0.4, -0.2) is 16.6 Å². The molecule has 1 heterocycles. The van der Waals surface area contributed by atoms with E-state index < -0.39 is 0 Å². The van der Waals surface area contributed by atoms with Crippen molar-refractivity contribution in [2.75, 3.05) is 7.05 Å². The molecule has 0 unspecified atom stereocenters. The van der Waals surface area contributed by atoms with Crippen LogP contribution in [-0.2, 0) is 13.6 Å². The summed E-state index contributed by atoms with van der Waals surface area (Å²) in [7, 11) is 4.04. The normalized spacial score (nSPS) is 10.9. The molecule has 1 N–H and O–H groups in total. The third-order valence-electron chi connectivity index (χ3n) is 3.38. The van der Waals surface area contributed by atoms with Crippen molar-refractivity contribution in [1.82, 2.24) is 14.9 Å². The predicted octanol–water partition coefficient (Wildman–Crippen LogP) is 2.73. The van der Waals surface area contributed by atoms with E-state index in [1.807, 2.05) is 14.0 Å². The summed E-state index contributed by atoms with van der Waals surface area (Å²) >= 11 is 0. The molecule has 0 spiro atoms. The summed E-state index contributed by atoms with van der Waals surface area (Å²) in [4.78, 5) is 4.65. The van der Waals surface area contributed by atoms with Crippen LogP contribution in [0.15, 0.2) is 18.2 Å². The maximum atomic E-state index is 4.65. The van der Waals surface area contributed by atoms with Gasteiger partial charge in [0.2, 0.25) is 0 Å². The van der Waals surface area contributed by atoms with Crippen molar-refractivity contribution in [2.45, 2.75) is 27.3 Å². The first-order chi connectivity index (χ1) is 8.54. The second-order valence-electron chi connectivity index (χ2n) is 4.86. The first-order valence-electron chi connectivity index (χ1n) is 6.29. The summed E-state index contributed by atoms with van der Waals surface area (Å²) in [5.41, 5.74) is 6.20. The number of nitrogens with zero attached hydrogens (tertiary/aromatic N) is 2. The molecule has 3 heteroatoms. The van der Waals surface area contributed by atoms with E-state index in [-0.39, 0.29) is 0 Å². The second kappa shape index (κ2) is 4.94. The zero-order valence-electron chi connectivity index (χ0n) is 11.8. The molecule has 2 rings (SSSR count). The molecule has 0 radical (unpaired) electrons. The van der Waals surface area contributed by atoms with E-state index in [1.54, 1.807) is 0 Å². The molecule has 0 aliphatic heterocycles. The van der Waals surface area contributed by atoms with Gasteiger partial charge >= 0.3 is 0 Å². The number of aryl methyl sites for hydroxylation is 3. The topological polar surface area (TPSA) is 29.9 Å². The molecule has 0 bridgehead atoms. The maximum Gasteiger partial charge on any atom is 0.106 e. The monoisotopic (exact) mass is 243 g/mol. The maximum absolute atomic E-state index is 4.65. The molecular weight excluding hydrogens is 222 g/mol. The van der Waals surface area contributed by atoms with Crippen LogP contribution in [0.3, 0.4) is 0 Å². The van der Waals surface area contributed by atoms with Crippen LogP contribution >= 0.6 is 0 Å². The van der Waals surface area contributed by atoms with Gasteiger partial charge in [0.25, 0.3) is 0 Å². The minimum absolute atomic E-state index is 0.796. The zero-order chi connectivity index (χ0) is 13.3. The van der Waals surface area contributed by atoms with Gasteiger partial charge < -0.3 is 9.88 Å². The minimum atomic E-state index is 0.796. The van der Waals surface area contributed by atoms with Crippen LogP contribution in [0.4, 0.5) is 0 Å². The molecule has 18 heavy (non-hydrogen) atoms. The van der Waals surface area contributed by atoms with Gasteiger partial charge in [0, 0.05) is 19.2 Å². The van der Waals surface area contributed by atoms with Crippen molar-refractivity contribution in [3.8, 4) is 11.3 Å². The Bertz CT molecular complexity index is 567. The molecule has 3 nitrogen and oxygen atoms in total. The summed E-state index contributed by atoms with van der Waals surface area (Å²) in [6.45, 7) is 7.13. The number of hydrogen-bond acceptors (Lipinski definition) is 2. The molecule has 1 aromatic carbocycles. The minimum Gasteiger partial charge on any atom is -0.331 e.